The smallest absolute Gasteiger partial charge is 0.332 e. The average molecular weight is 181 g/mol. The Bertz CT molecular complexity index is 256. The normalized spacial score (nSPS) is 22.5. The van der Waals surface area contributed by atoms with Crippen molar-refractivity contribution in [1.82, 2.24) is 5.43 Å². The summed E-state index contributed by atoms with van der Waals surface area (Å²) in [5.74, 6) is 0. The van der Waals surface area contributed by atoms with Gasteiger partial charge in [0.2, 0.25) is 0 Å². The first kappa shape index (κ1) is 9.77. The molecule has 0 atom stereocenters. The van der Waals surface area contributed by atoms with Crippen LogP contribution in [-0.2, 0) is 0 Å². The largest absolute Gasteiger partial charge is 0.350 e. The van der Waals surface area contributed by atoms with Crippen molar-refractivity contribution in [2.24, 2.45) is 10.8 Å². The molecule has 0 aromatic heterocycles. The molecule has 0 radical (unpaired) electrons. The summed E-state index contributed by atoms with van der Waals surface area (Å²) in [6, 6.07) is -0.602. The zero-order valence-corrected chi connectivity index (χ0v) is 7.84. The molecule has 4 nitrogen and oxygen atoms in total. The lowest BCUT2D eigenvalue weighted by Gasteiger charge is -1.99. The van der Waals surface area contributed by atoms with E-state index in [1.54, 1.807) is 0 Å². The number of hydrogen-bond acceptors (Lipinski definition) is 2. The number of nitrogens with one attached hydrogen (secondary N) is 1. The summed E-state index contributed by atoms with van der Waals surface area (Å²) >= 11 is 0. The minimum Gasteiger partial charge on any atom is -0.350 e. The molecule has 0 bridgehead atoms. The van der Waals surface area contributed by atoms with Crippen LogP contribution in [0.3, 0.4) is 0 Å². The maximum atomic E-state index is 10.4. The van der Waals surface area contributed by atoms with E-state index >= 15 is 0 Å². The quantitative estimate of drug-likeness (QED) is 0.623. The molecule has 1 rings (SSSR count). The summed E-state index contributed by atoms with van der Waals surface area (Å²) in [7, 11) is 0. The van der Waals surface area contributed by atoms with E-state index < -0.39 is 6.03 Å². The fraction of sp³-hybridized carbons (Fsp3) is 0.556. The van der Waals surface area contributed by atoms with Gasteiger partial charge in [0.15, 0.2) is 0 Å². The zero-order valence-electron chi connectivity index (χ0n) is 7.84. The van der Waals surface area contributed by atoms with E-state index in [1.165, 1.54) is 5.57 Å². The van der Waals surface area contributed by atoms with Gasteiger partial charge in [-0.15, -0.1) is 0 Å². The first-order valence-electron chi connectivity index (χ1n) is 4.55. The van der Waals surface area contributed by atoms with Gasteiger partial charge in [-0.25, -0.2) is 10.2 Å². The Balaban J connectivity index is 2.62. The van der Waals surface area contributed by atoms with E-state index in [0.29, 0.717) is 0 Å². The number of nitrogens with zero attached hydrogens (tertiary/aromatic N) is 1. The van der Waals surface area contributed by atoms with Crippen LogP contribution in [0.1, 0.15) is 32.6 Å². The molecule has 0 saturated heterocycles. The molecular formula is C9H15N3O. The average Bonchev–Trinajstić information content (AvgIpc) is 2.49. The summed E-state index contributed by atoms with van der Waals surface area (Å²) in [6.07, 6.45) is 6.27. The molecule has 13 heavy (non-hydrogen) atoms. The molecule has 0 aromatic rings. The van der Waals surface area contributed by atoms with Crippen LogP contribution >= 0.6 is 0 Å². The first-order valence-corrected chi connectivity index (χ1v) is 4.55. The van der Waals surface area contributed by atoms with Crippen molar-refractivity contribution in [2.45, 2.75) is 32.6 Å². The van der Waals surface area contributed by atoms with Crippen molar-refractivity contribution in [1.29, 1.82) is 0 Å². The number of allylic oxidation sites excluding steroid dienone is 2. The monoisotopic (exact) mass is 181 g/mol. The summed E-state index contributed by atoms with van der Waals surface area (Å²) < 4.78 is 0. The number of hydrazone groups is 1. The number of carbonyl (C=O) groups is 1. The number of amides is 2. The third kappa shape index (κ3) is 2.89. The summed E-state index contributed by atoms with van der Waals surface area (Å²) in [5, 5.41) is 3.95. The molecule has 0 aliphatic heterocycles. The van der Waals surface area contributed by atoms with Crippen molar-refractivity contribution in [2.75, 3.05) is 0 Å². The second-order valence-electron chi connectivity index (χ2n) is 3.03. The van der Waals surface area contributed by atoms with Gasteiger partial charge in [0.05, 0.1) is 5.71 Å². The predicted molar refractivity (Wildman–Crippen MR) is 52.4 cm³/mol. The molecule has 0 unspecified atom stereocenters. The van der Waals surface area contributed by atoms with Crippen molar-refractivity contribution in [3.05, 3.63) is 11.6 Å². The predicted octanol–water partition coefficient (Wildman–Crippen LogP) is 1.53. The van der Waals surface area contributed by atoms with Crippen LogP contribution < -0.4 is 11.2 Å². The maximum Gasteiger partial charge on any atom is 0.332 e. The fourth-order valence-corrected chi connectivity index (χ4v) is 1.47. The van der Waals surface area contributed by atoms with Gasteiger partial charge in [-0.05, 0) is 31.3 Å². The van der Waals surface area contributed by atoms with E-state index in [-0.39, 0.29) is 0 Å². The molecule has 1 fully saturated rings. The van der Waals surface area contributed by atoms with E-state index in [2.05, 4.69) is 23.5 Å². The standard InChI is InChI=1S/C9H15N3O/c1-2-4-7-5-3-6-8(7)11-12-9(10)13/h4H,2-3,5-6H2,1H3,(H3,10,12,13)/b7-4-,11-8-. The van der Waals surface area contributed by atoms with Crippen LogP contribution in [0.25, 0.3) is 0 Å². The number of primary amides is 1. The second-order valence-corrected chi connectivity index (χ2v) is 3.03. The van der Waals surface area contributed by atoms with Crippen molar-refractivity contribution in [3.63, 3.8) is 0 Å². The van der Waals surface area contributed by atoms with Crippen LogP contribution in [0, 0.1) is 0 Å². The highest BCUT2D eigenvalue weighted by atomic mass is 16.2. The topological polar surface area (TPSA) is 67.5 Å². The summed E-state index contributed by atoms with van der Waals surface area (Å²) in [5.41, 5.74) is 9.39. The molecule has 0 heterocycles. The Kier molecular flexibility index (Phi) is 3.49. The van der Waals surface area contributed by atoms with Crippen LogP contribution in [-0.4, -0.2) is 11.7 Å². The Morgan fingerprint density at radius 2 is 2.46 bits per heavy atom. The minimum absolute atomic E-state index is 0.602. The minimum atomic E-state index is -0.602. The molecule has 2 amide bonds. The lowest BCUT2D eigenvalue weighted by molar-refractivity contribution is 0.249. The molecule has 0 aromatic carbocycles. The van der Waals surface area contributed by atoms with Crippen molar-refractivity contribution in [3.8, 4) is 0 Å². The van der Waals surface area contributed by atoms with Crippen LogP contribution in [0.5, 0.6) is 0 Å². The molecule has 3 N–H and O–H groups in total. The summed E-state index contributed by atoms with van der Waals surface area (Å²) in [4.78, 5) is 10.4. The molecule has 72 valence electrons. The van der Waals surface area contributed by atoms with Gasteiger partial charge in [-0.3, -0.25) is 0 Å². The Morgan fingerprint density at radius 3 is 3.08 bits per heavy atom. The number of rotatable bonds is 2. The fourth-order valence-electron chi connectivity index (χ4n) is 1.47. The third-order valence-electron chi connectivity index (χ3n) is 1.98. The highest BCUT2D eigenvalue weighted by molar-refractivity contribution is 6.02. The lowest BCUT2D eigenvalue weighted by atomic mass is 10.2. The molecule has 0 spiro atoms. The van der Waals surface area contributed by atoms with Gasteiger partial charge in [0.1, 0.15) is 0 Å². The van der Waals surface area contributed by atoms with Gasteiger partial charge >= 0.3 is 6.03 Å². The molecule has 1 aliphatic rings. The maximum absolute atomic E-state index is 10.4. The SMILES string of the molecule is CC/C=C1/CCC/C1=N/NC(N)=O. The second kappa shape index (κ2) is 4.64. The number of carbonyl (C=O) groups excluding carboxylic acids is 1. The molecular weight excluding hydrogens is 166 g/mol. The highest BCUT2D eigenvalue weighted by Gasteiger charge is 2.14. The van der Waals surface area contributed by atoms with Crippen LogP contribution in [0.2, 0.25) is 0 Å². The number of nitrogens with two attached hydrogens (primary N) is 1. The zero-order chi connectivity index (χ0) is 9.68. The van der Waals surface area contributed by atoms with E-state index in [1.807, 2.05) is 0 Å². The Morgan fingerprint density at radius 1 is 1.69 bits per heavy atom. The number of hydrogen-bond donors (Lipinski definition) is 2. The van der Waals surface area contributed by atoms with Crippen molar-refractivity contribution < 1.29 is 4.79 Å². The Hall–Kier alpha value is -1.32. The van der Waals surface area contributed by atoms with Gasteiger partial charge in [-0.1, -0.05) is 13.0 Å². The first-order chi connectivity index (χ1) is 6.24. The van der Waals surface area contributed by atoms with E-state index in [9.17, 15) is 4.79 Å². The van der Waals surface area contributed by atoms with Gasteiger partial charge in [-0.2, -0.15) is 5.10 Å². The highest BCUT2D eigenvalue weighted by Crippen LogP contribution is 2.21. The van der Waals surface area contributed by atoms with E-state index in [0.717, 1.165) is 31.4 Å². The van der Waals surface area contributed by atoms with Crippen LogP contribution in [0.15, 0.2) is 16.8 Å². The van der Waals surface area contributed by atoms with Gasteiger partial charge in [0, 0.05) is 0 Å². The lowest BCUT2D eigenvalue weighted by Crippen LogP contribution is -2.25. The Labute approximate surface area is 77.9 Å². The van der Waals surface area contributed by atoms with E-state index in [4.69, 9.17) is 5.73 Å². The van der Waals surface area contributed by atoms with Gasteiger partial charge in [0.25, 0.3) is 0 Å². The number of urea groups is 1. The van der Waals surface area contributed by atoms with Crippen molar-refractivity contribution >= 4 is 11.7 Å². The third-order valence-corrected chi connectivity index (χ3v) is 1.98. The molecule has 4 heteroatoms. The molecule has 1 saturated carbocycles. The van der Waals surface area contributed by atoms with Gasteiger partial charge < -0.3 is 5.73 Å². The van der Waals surface area contributed by atoms with Crippen LogP contribution in [0.4, 0.5) is 4.79 Å². The molecule has 1 aliphatic carbocycles. The summed E-state index contributed by atoms with van der Waals surface area (Å²) in [6.45, 7) is 2.09.